The lowest BCUT2D eigenvalue weighted by molar-refractivity contribution is -0.123. The molecule has 0 spiro atoms. The summed E-state index contributed by atoms with van der Waals surface area (Å²) >= 11 is 0. The first-order valence-electron chi connectivity index (χ1n) is 7.24. The summed E-state index contributed by atoms with van der Waals surface area (Å²) in [5.41, 5.74) is 1.12. The third-order valence-corrected chi connectivity index (χ3v) is 3.84. The fourth-order valence-corrected chi connectivity index (χ4v) is 2.57. The van der Waals surface area contributed by atoms with Gasteiger partial charge in [0.25, 0.3) is 0 Å². The lowest BCUT2D eigenvalue weighted by Gasteiger charge is -2.30. The summed E-state index contributed by atoms with van der Waals surface area (Å²) in [6, 6.07) is 9.92. The number of benzene rings is 1. The summed E-state index contributed by atoms with van der Waals surface area (Å²) in [6.07, 6.45) is 3.70. The number of amides is 1. The van der Waals surface area contributed by atoms with Gasteiger partial charge in [0, 0.05) is 13.0 Å². The monoisotopic (exact) mass is 274 g/mol. The highest BCUT2D eigenvalue weighted by Gasteiger charge is 2.20. The van der Waals surface area contributed by atoms with Crippen LogP contribution in [0.4, 0.5) is 0 Å². The Labute approximate surface area is 120 Å². The van der Waals surface area contributed by atoms with Crippen LogP contribution in [0.1, 0.15) is 24.8 Å². The number of hydrogen-bond donors (Lipinski definition) is 1. The zero-order valence-corrected chi connectivity index (χ0v) is 11.8. The van der Waals surface area contributed by atoms with E-state index in [2.05, 4.69) is 10.2 Å². The number of hydrogen-bond acceptors (Lipinski definition) is 3. The van der Waals surface area contributed by atoms with E-state index in [1.165, 1.54) is 0 Å². The van der Waals surface area contributed by atoms with Gasteiger partial charge in [-0.2, -0.15) is 0 Å². The number of carbonyl (C=O) groups excluding carboxylic acids is 2. The Morgan fingerprint density at radius 3 is 2.60 bits per heavy atom. The van der Waals surface area contributed by atoms with Crippen molar-refractivity contribution in [2.24, 2.45) is 5.92 Å². The Morgan fingerprint density at radius 2 is 1.95 bits per heavy atom. The summed E-state index contributed by atoms with van der Waals surface area (Å²) in [7, 11) is 0. The normalized spacial score (nSPS) is 16.8. The molecule has 4 heteroatoms. The standard InChI is InChI=1S/C16H22N2O2/c19-11-8-14-6-9-18(10-7-14)13-16(20)17-12-15-4-2-1-3-5-15/h1-5,11,14H,6-10,12-13H2,(H,17,20). The molecule has 0 radical (unpaired) electrons. The average molecular weight is 274 g/mol. The third kappa shape index (κ3) is 4.78. The molecule has 20 heavy (non-hydrogen) atoms. The van der Waals surface area contributed by atoms with Crippen molar-refractivity contribution in [3.05, 3.63) is 35.9 Å². The van der Waals surface area contributed by atoms with Gasteiger partial charge in [-0.3, -0.25) is 9.69 Å². The molecule has 0 aliphatic carbocycles. The van der Waals surface area contributed by atoms with Gasteiger partial charge >= 0.3 is 0 Å². The highest BCUT2D eigenvalue weighted by atomic mass is 16.2. The van der Waals surface area contributed by atoms with Crippen LogP contribution in [0, 0.1) is 5.92 Å². The quantitative estimate of drug-likeness (QED) is 0.802. The van der Waals surface area contributed by atoms with E-state index in [0.717, 1.165) is 37.8 Å². The van der Waals surface area contributed by atoms with Crippen LogP contribution in [-0.2, 0) is 16.1 Å². The average Bonchev–Trinajstić information content (AvgIpc) is 2.49. The maximum atomic E-state index is 11.9. The van der Waals surface area contributed by atoms with Crippen molar-refractivity contribution in [2.75, 3.05) is 19.6 Å². The molecule has 1 aromatic rings. The number of piperidine rings is 1. The first-order chi connectivity index (χ1) is 9.78. The molecule has 1 heterocycles. The molecule has 1 aliphatic heterocycles. The first-order valence-corrected chi connectivity index (χ1v) is 7.24. The molecule has 2 rings (SSSR count). The van der Waals surface area contributed by atoms with E-state index in [-0.39, 0.29) is 5.91 Å². The molecule has 0 saturated carbocycles. The van der Waals surface area contributed by atoms with E-state index < -0.39 is 0 Å². The first kappa shape index (κ1) is 14.7. The highest BCUT2D eigenvalue weighted by Crippen LogP contribution is 2.18. The maximum absolute atomic E-state index is 11.9. The highest BCUT2D eigenvalue weighted by molar-refractivity contribution is 5.78. The van der Waals surface area contributed by atoms with Gasteiger partial charge in [0.15, 0.2) is 0 Å². The zero-order chi connectivity index (χ0) is 14.2. The minimum Gasteiger partial charge on any atom is -0.351 e. The number of nitrogens with zero attached hydrogens (tertiary/aromatic N) is 1. The number of nitrogens with one attached hydrogen (secondary N) is 1. The molecule has 1 fully saturated rings. The van der Waals surface area contributed by atoms with Crippen molar-refractivity contribution in [1.29, 1.82) is 0 Å². The minimum atomic E-state index is 0.0719. The molecule has 4 nitrogen and oxygen atoms in total. The van der Waals surface area contributed by atoms with Crippen molar-refractivity contribution in [2.45, 2.75) is 25.8 Å². The van der Waals surface area contributed by atoms with Gasteiger partial charge in [0.2, 0.25) is 5.91 Å². The van der Waals surface area contributed by atoms with Crippen LogP contribution in [0.25, 0.3) is 0 Å². The molecule has 1 aromatic carbocycles. The van der Waals surface area contributed by atoms with E-state index in [1.807, 2.05) is 30.3 Å². The van der Waals surface area contributed by atoms with Gasteiger partial charge < -0.3 is 10.1 Å². The fourth-order valence-electron chi connectivity index (χ4n) is 2.57. The third-order valence-electron chi connectivity index (χ3n) is 3.84. The Balaban J connectivity index is 1.66. The van der Waals surface area contributed by atoms with Gasteiger partial charge in [-0.1, -0.05) is 30.3 Å². The largest absolute Gasteiger partial charge is 0.351 e. The molecule has 0 aromatic heterocycles. The summed E-state index contributed by atoms with van der Waals surface area (Å²) < 4.78 is 0. The van der Waals surface area contributed by atoms with Gasteiger partial charge in [-0.25, -0.2) is 0 Å². The lowest BCUT2D eigenvalue weighted by Crippen LogP contribution is -2.41. The predicted molar refractivity (Wildman–Crippen MR) is 78.1 cm³/mol. The Morgan fingerprint density at radius 1 is 1.25 bits per heavy atom. The molecule has 0 bridgehead atoms. The van der Waals surface area contributed by atoms with Crippen LogP contribution in [0.2, 0.25) is 0 Å². The molecule has 108 valence electrons. The Bertz CT molecular complexity index is 425. The predicted octanol–water partition coefficient (Wildman–Crippen LogP) is 1.60. The van der Waals surface area contributed by atoms with Gasteiger partial charge in [-0.05, 0) is 37.4 Å². The van der Waals surface area contributed by atoms with E-state index >= 15 is 0 Å². The zero-order valence-electron chi connectivity index (χ0n) is 11.8. The number of aldehydes is 1. The van der Waals surface area contributed by atoms with Crippen LogP contribution >= 0.6 is 0 Å². The number of likely N-dealkylation sites (tertiary alicyclic amines) is 1. The molecule has 0 atom stereocenters. The summed E-state index contributed by atoms with van der Waals surface area (Å²) in [4.78, 5) is 24.5. The van der Waals surface area contributed by atoms with Crippen molar-refractivity contribution in [3.8, 4) is 0 Å². The van der Waals surface area contributed by atoms with E-state index in [1.54, 1.807) is 0 Å². The van der Waals surface area contributed by atoms with Crippen LogP contribution in [0.3, 0.4) is 0 Å². The van der Waals surface area contributed by atoms with Gasteiger partial charge in [-0.15, -0.1) is 0 Å². The second kappa shape index (κ2) is 7.80. The van der Waals surface area contributed by atoms with Gasteiger partial charge in [0.1, 0.15) is 6.29 Å². The Hall–Kier alpha value is -1.68. The minimum absolute atomic E-state index is 0.0719. The Kier molecular flexibility index (Phi) is 5.74. The van der Waals surface area contributed by atoms with Crippen molar-refractivity contribution < 1.29 is 9.59 Å². The number of carbonyl (C=O) groups is 2. The SMILES string of the molecule is O=CCC1CCN(CC(=O)NCc2ccccc2)CC1. The molecule has 1 saturated heterocycles. The topological polar surface area (TPSA) is 49.4 Å². The maximum Gasteiger partial charge on any atom is 0.234 e. The summed E-state index contributed by atoms with van der Waals surface area (Å²) in [5.74, 6) is 0.582. The molecular formula is C16H22N2O2. The molecule has 0 unspecified atom stereocenters. The van der Waals surface area contributed by atoms with Gasteiger partial charge in [0.05, 0.1) is 6.54 Å². The smallest absolute Gasteiger partial charge is 0.234 e. The number of rotatable bonds is 6. The summed E-state index contributed by atoms with van der Waals surface area (Å²) in [6.45, 7) is 2.87. The van der Waals surface area contributed by atoms with E-state index in [4.69, 9.17) is 0 Å². The molecule has 1 aliphatic rings. The van der Waals surface area contributed by atoms with Crippen LogP contribution in [0.5, 0.6) is 0 Å². The van der Waals surface area contributed by atoms with Crippen LogP contribution in [0.15, 0.2) is 30.3 Å². The second-order valence-corrected chi connectivity index (χ2v) is 5.38. The van der Waals surface area contributed by atoms with Crippen molar-refractivity contribution in [3.63, 3.8) is 0 Å². The van der Waals surface area contributed by atoms with Crippen molar-refractivity contribution in [1.82, 2.24) is 10.2 Å². The van der Waals surface area contributed by atoms with E-state index in [9.17, 15) is 9.59 Å². The fraction of sp³-hybridized carbons (Fsp3) is 0.500. The molecular weight excluding hydrogens is 252 g/mol. The molecule has 1 amide bonds. The lowest BCUT2D eigenvalue weighted by atomic mass is 9.94. The van der Waals surface area contributed by atoms with Crippen LogP contribution < -0.4 is 5.32 Å². The van der Waals surface area contributed by atoms with Crippen molar-refractivity contribution >= 4 is 12.2 Å². The van der Waals surface area contributed by atoms with Crippen LogP contribution in [-0.4, -0.2) is 36.7 Å². The summed E-state index contributed by atoms with van der Waals surface area (Å²) in [5, 5.41) is 2.95. The molecule has 1 N–H and O–H groups in total. The van der Waals surface area contributed by atoms with E-state index in [0.29, 0.717) is 25.4 Å². The second-order valence-electron chi connectivity index (χ2n) is 5.38.